The number of para-hydroxylation sites is 1. The number of methoxy groups -OCH3 is 1. The maximum atomic E-state index is 5.29. The largest absolute Gasteiger partial charge is 0.497 e. The first-order valence-electron chi connectivity index (χ1n) is 11.7. The first-order chi connectivity index (χ1) is 17.1. The summed E-state index contributed by atoms with van der Waals surface area (Å²) < 4.78 is 5.29. The summed E-state index contributed by atoms with van der Waals surface area (Å²) in [4.78, 5) is 0. The van der Waals surface area contributed by atoms with Gasteiger partial charge in [-0.25, -0.2) is 5.01 Å². The molecule has 0 spiro atoms. The molecule has 3 heteroatoms. The van der Waals surface area contributed by atoms with Crippen LogP contribution in [-0.4, -0.2) is 12.8 Å². The summed E-state index contributed by atoms with van der Waals surface area (Å²) in [6.45, 7) is 4.16. The lowest BCUT2D eigenvalue weighted by molar-refractivity contribution is 0.415. The lowest BCUT2D eigenvalue weighted by Crippen LogP contribution is -2.12. The molecule has 0 atom stereocenters. The van der Waals surface area contributed by atoms with E-state index in [1.807, 2.05) is 72.6 Å². The molecule has 0 bridgehead atoms. The number of benzene rings is 4. The van der Waals surface area contributed by atoms with E-state index in [1.165, 1.54) is 16.7 Å². The Balaban J connectivity index is 1.59. The zero-order valence-electron chi connectivity index (χ0n) is 20.4. The SMILES string of the molecule is COc1ccc(/C(C)=N/N(c2ccccc2)c2ccc(C(C)=CC=Cc3ccccc3)cc2)cc1. The highest BCUT2D eigenvalue weighted by molar-refractivity contribution is 5.99. The van der Waals surface area contributed by atoms with E-state index in [-0.39, 0.29) is 0 Å². The van der Waals surface area contributed by atoms with Crippen molar-refractivity contribution in [1.82, 2.24) is 0 Å². The number of rotatable bonds is 8. The number of hydrogen-bond donors (Lipinski definition) is 0. The van der Waals surface area contributed by atoms with Gasteiger partial charge in [0.2, 0.25) is 0 Å². The summed E-state index contributed by atoms with van der Waals surface area (Å²) in [5, 5.41) is 6.97. The van der Waals surface area contributed by atoms with Crippen LogP contribution in [0.15, 0.2) is 126 Å². The van der Waals surface area contributed by atoms with E-state index in [2.05, 4.69) is 73.7 Å². The van der Waals surface area contributed by atoms with E-state index in [0.29, 0.717) is 0 Å². The van der Waals surface area contributed by atoms with E-state index in [1.54, 1.807) is 7.11 Å². The molecule has 3 nitrogen and oxygen atoms in total. The summed E-state index contributed by atoms with van der Waals surface area (Å²) in [6.07, 6.45) is 6.35. The third-order valence-corrected chi connectivity index (χ3v) is 5.76. The Morgan fingerprint density at radius 3 is 1.89 bits per heavy atom. The van der Waals surface area contributed by atoms with Gasteiger partial charge in [-0.05, 0) is 84.6 Å². The zero-order chi connectivity index (χ0) is 24.5. The van der Waals surface area contributed by atoms with Gasteiger partial charge in [0.15, 0.2) is 0 Å². The van der Waals surface area contributed by atoms with Gasteiger partial charge in [0.25, 0.3) is 0 Å². The molecule has 0 fully saturated rings. The van der Waals surface area contributed by atoms with Crippen molar-refractivity contribution in [2.24, 2.45) is 5.10 Å². The van der Waals surface area contributed by atoms with Crippen molar-refractivity contribution in [3.63, 3.8) is 0 Å². The minimum absolute atomic E-state index is 0.832. The highest BCUT2D eigenvalue weighted by atomic mass is 16.5. The van der Waals surface area contributed by atoms with Crippen molar-refractivity contribution in [3.8, 4) is 5.75 Å². The second-order valence-electron chi connectivity index (χ2n) is 8.23. The molecule has 4 aromatic carbocycles. The quantitative estimate of drug-likeness (QED) is 0.150. The Morgan fingerprint density at radius 2 is 1.26 bits per heavy atom. The Hall–Kier alpha value is -4.37. The molecule has 0 aliphatic heterocycles. The van der Waals surface area contributed by atoms with Crippen molar-refractivity contribution in [1.29, 1.82) is 0 Å². The standard InChI is InChI=1S/C32H30N2O/c1-25(11-10-14-27-12-6-4-7-13-27)28-17-21-31(22-18-28)34(30-15-8-5-9-16-30)33-26(2)29-19-23-32(35-3)24-20-29/h4-24H,1-3H3/b14-10?,25-11?,33-26+. The van der Waals surface area contributed by atoms with E-state index in [9.17, 15) is 0 Å². The molecule has 0 aromatic heterocycles. The molecule has 0 amide bonds. The van der Waals surface area contributed by atoms with Gasteiger partial charge in [-0.3, -0.25) is 0 Å². The van der Waals surface area contributed by atoms with Crippen LogP contribution in [0.5, 0.6) is 5.75 Å². The van der Waals surface area contributed by atoms with E-state index in [4.69, 9.17) is 9.84 Å². The predicted octanol–water partition coefficient (Wildman–Crippen LogP) is 8.37. The van der Waals surface area contributed by atoms with Crippen LogP contribution in [0.2, 0.25) is 0 Å². The van der Waals surface area contributed by atoms with E-state index < -0.39 is 0 Å². The highest BCUT2D eigenvalue weighted by Crippen LogP contribution is 2.28. The van der Waals surface area contributed by atoms with Gasteiger partial charge in [-0.2, -0.15) is 5.10 Å². The van der Waals surface area contributed by atoms with Gasteiger partial charge in [0.05, 0.1) is 24.2 Å². The average Bonchev–Trinajstić information content (AvgIpc) is 2.93. The Labute approximate surface area is 208 Å². The Morgan fingerprint density at radius 1 is 0.686 bits per heavy atom. The smallest absolute Gasteiger partial charge is 0.118 e. The maximum absolute atomic E-state index is 5.29. The number of anilines is 2. The van der Waals surface area contributed by atoms with Gasteiger partial charge < -0.3 is 4.74 Å². The van der Waals surface area contributed by atoms with Gasteiger partial charge in [0.1, 0.15) is 5.75 Å². The molecule has 0 N–H and O–H groups in total. The number of ether oxygens (including phenoxy) is 1. The Bertz CT molecular complexity index is 1300. The lowest BCUT2D eigenvalue weighted by Gasteiger charge is -2.21. The lowest BCUT2D eigenvalue weighted by atomic mass is 10.1. The minimum atomic E-state index is 0.832. The van der Waals surface area contributed by atoms with Crippen molar-refractivity contribution >= 4 is 28.7 Å². The van der Waals surface area contributed by atoms with Crippen LogP contribution in [0.25, 0.3) is 11.6 Å². The van der Waals surface area contributed by atoms with Crippen molar-refractivity contribution in [2.45, 2.75) is 13.8 Å². The number of hydrazone groups is 1. The monoisotopic (exact) mass is 458 g/mol. The molecular formula is C32H30N2O. The molecule has 0 saturated heterocycles. The fraction of sp³-hybridized carbons (Fsp3) is 0.0938. The molecular weight excluding hydrogens is 428 g/mol. The molecule has 0 unspecified atom stereocenters. The third kappa shape index (κ3) is 6.36. The molecule has 0 radical (unpaired) electrons. The van der Waals surface area contributed by atoms with Gasteiger partial charge >= 0.3 is 0 Å². The molecule has 4 rings (SSSR count). The van der Waals surface area contributed by atoms with Crippen molar-refractivity contribution in [2.75, 3.05) is 12.1 Å². The second kappa shape index (κ2) is 11.7. The number of hydrogen-bond acceptors (Lipinski definition) is 3. The number of nitrogens with zero attached hydrogens (tertiary/aromatic N) is 2. The molecule has 35 heavy (non-hydrogen) atoms. The van der Waals surface area contributed by atoms with E-state index >= 15 is 0 Å². The summed E-state index contributed by atoms with van der Waals surface area (Å²) >= 11 is 0. The fourth-order valence-electron chi connectivity index (χ4n) is 3.70. The summed E-state index contributed by atoms with van der Waals surface area (Å²) in [5.74, 6) is 0.832. The van der Waals surface area contributed by atoms with Crippen LogP contribution in [0.1, 0.15) is 30.5 Å². The summed E-state index contributed by atoms with van der Waals surface area (Å²) in [6, 6.07) is 37.0. The number of allylic oxidation sites excluding steroid dienone is 3. The van der Waals surface area contributed by atoms with Crippen LogP contribution in [-0.2, 0) is 0 Å². The van der Waals surface area contributed by atoms with E-state index in [0.717, 1.165) is 28.4 Å². The van der Waals surface area contributed by atoms with Gasteiger partial charge in [-0.1, -0.05) is 78.9 Å². The fourth-order valence-corrected chi connectivity index (χ4v) is 3.70. The topological polar surface area (TPSA) is 24.8 Å². The normalized spacial score (nSPS) is 12.1. The predicted molar refractivity (Wildman–Crippen MR) is 149 cm³/mol. The highest BCUT2D eigenvalue weighted by Gasteiger charge is 2.10. The van der Waals surface area contributed by atoms with Crippen LogP contribution in [0, 0.1) is 0 Å². The van der Waals surface area contributed by atoms with Crippen molar-refractivity contribution in [3.05, 3.63) is 138 Å². The molecule has 0 aliphatic carbocycles. The summed E-state index contributed by atoms with van der Waals surface area (Å²) in [5.41, 5.74) is 7.54. The molecule has 0 aliphatic rings. The van der Waals surface area contributed by atoms with Crippen LogP contribution >= 0.6 is 0 Å². The van der Waals surface area contributed by atoms with Crippen molar-refractivity contribution < 1.29 is 4.74 Å². The molecule has 0 heterocycles. The zero-order valence-corrected chi connectivity index (χ0v) is 20.4. The van der Waals surface area contributed by atoms with Gasteiger partial charge in [-0.15, -0.1) is 0 Å². The van der Waals surface area contributed by atoms with Crippen LogP contribution < -0.4 is 9.75 Å². The second-order valence-corrected chi connectivity index (χ2v) is 8.23. The van der Waals surface area contributed by atoms with Crippen LogP contribution in [0.4, 0.5) is 11.4 Å². The molecule has 0 saturated carbocycles. The molecule has 174 valence electrons. The van der Waals surface area contributed by atoms with Crippen LogP contribution in [0.3, 0.4) is 0 Å². The first kappa shape index (κ1) is 23.8. The average molecular weight is 459 g/mol. The maximum Gasteiger partial charge on any atom is 0.118 e. The third-order valence-electron chi connectivity index (χ3n) is 5.76. The van der Waals surface area contributed by atoms with Gasteiger partial charge in [0, 0.05) is 0 Å². The minimum Gasteiger partial charge on any atom is -0.497 e. The Kier molecular flexibility index (Phi) is 7.92. The first-order valence-corrected chi connectivity index (χ1v) is 11.7. The molecule has 4 aromatic rings. The summed E-state index contributed by atoms with van der Waals surface area (Å²) in [7, 11) is 1.67.